The molecule has 0 saturated carbocycles. The number of benzene rings is 1. The van der Waals surface area contributed by atoms with Crippen molar-refractivity contribution in [1.29, 1.82) is 0 Å². The lowest BCUT2D eigenvalue weighted by atomic mass is 10.2. The van der Waals surface area contributed by atoms with Crippen molar-refractivity contribution in [3.05, 3.63) is 87.4 Å². The van der Waals surface area contributed by atoms with Crippen molar-refractivity contribution in [2.75, 3.05) is 0 Å². The highest BCUT2D eigenvalue weighted by atomic mass is 32.1. The van der Waals surface area contributed by atoms with Crippen molar-refractivity contribution in [3.63, 3.8) is 0 Å². The molecule has 4 heterocycles. The average Bonchev–Trinajstić information content (AvgIpc) is 3.46. The van der Waals surface area contributed by atoms with Crippen molar-refractivity contribution in [2.24, 2.45) is 10.1 Å². The number of aromatic nitrogens is 2. The van der Waals surface area contributed by atoms with Gasteiger partial charge in [0.15, 0.2) is 5.76 Å². The molecule has 0 saturated heterocycles. The number of hydrogen-bond acceptors (Lipinski definition) is 6. The Kier molecular flexibility index (Phi) is 4.44. The molecular weight excluding hydrogens is 388 g/mol. The number of para-hydroxylation sites is 1. The Balaban J connectivity index is 1.67. The Bertz CT molecular complexity index is 1280. The Hall–Kier alpha value is -3.29. The first-order valence-corrected chi connectivity index (χ1v) is 10.3. The maximum absolute atomic E-state index is 6.06. The third-order valence-electron chi connectivity index (χ3n) is 4.08. The van der Waals surface area contributed by atoms with Crippen LogP contribution in [-0.4, -0.2) is 15.9 Å². The van der Waals surface area contributed by atoms with Crippen LogP contribution in [-0.2, 0) is 0 Å². The fourth-order valence-electron chi connectivity index (χ4n) is 2.78. The number of hydrogen-bond donors (Lipinski definition) is 0. The quantitative estimate of drug-likeness (QED) is 0.371. The summed E-state index contributed by atoms with van der Waals surface area (Å²) in [6.45, 7) is 0. The minimum Gasteiger partial charge on any atom is -0.454 e. The van der Waals surface area contributed by atoms with Crippen LogP contribution in [0.1, 0.15) is 4.88 Å². The molecule has 4 aromatic heterocycles. The zero-order chi connectivity index (χ0) is 18.8. The molecule has 136 valence electrons. The van der Waals surface area contributed by atoms with E-state index in [0.717, 1.165) is 37.8 Å². The van der Waals surface area contributed by atoms with E-state index in [1.165, 1.54) is 11.3 Å². The van der Waals surface area contributed by atoms with Crippen LogP contribution in [0.15, 0.2) is 92.3 Å². The van der Waals surface area contributed by atoms with Gasteiger partial charge in [-0.15, -0.1) is 22.7 Å². The van der Waals surface area contributed by atoms with E-state index < -0.39 is 0 Å². The third-order valence-corrected chi connectivity index (χ3v) is 5.70. The van der Waals surface area contributed by atoms with Gasteiger partial charge in [0, 0.05) is 21.8 Å². The number of thiazole rings is 1. The maximum atomic E-state index is 6.06. The van der Waals surface area contributed by atoms with Gasteiger partial charge in [0.25, 0.3) is 0 Å². The van der Waals surface area contributed by atoms with Gasteiger partial charge >= 0.3 is 0 Å². The summed E-state index contributed by atoms with van der Waals surface area (Å²) in [7, 11) is 0. The van der Waals surface area contributed by atoms with E-state index in [-0.39, 0.29) is 0 Å². The summed E-state index contributed by atoms with van der Waals surface area (Å²) in [4.78, 5) is 10.7. The molecule has 0 unspecified atom stereocenters. The number of rotatable bonds is 4. The van der Waals surface area contributed by atoms with Crippen LogP contribution in [0.5, 0.6) is 0 Å². The van der Waals surface area contributed by atoms with E-state index in [1.54, 1.807) is 23.7 Å². The van der Waals surface area contributed by atoms with E-state index in [2.05, 4.69) is 10.1 Å². The normalized spacial score (nSPS) is 12.4. The lowest BCUT2D eigenvalue weighted by Gasteiger charge is -2.00. The van der Waals surface area contributed by atoms with Gasteiger partial charge in [-0.1, -0.05) is 24.3 Å². The Morgan fingerprint density at radius 2 is 2.00 bits per heavy atom. The van der Waals surface area contributed by atoms with Gasteiger partial charge in [-0.2, -0.15) is 5.10 Å². The van der Waals surface area contributed by atoms with Crippen molar-refractivity contribution >= 4 is 45.5 Å². The lowest BCUT2D eigenvalue weighted by molar-refractivity contribution is 0.622. The predicted octanol–water partition coefficient (Wildman–Crippen LogP) is 5.53. The molecule has 0 spiro atoms. The smallest absolute Gasteiger partial charge is 0.211 e. The highest BCUT2D eigenvalue weighted by Gasteiger charge is 2.13. The highest BCUT2D eigenvalue weighted by molar-refractivity contribution is 7.11. The summed E-state index contributed by atoms with van der Waals surface area (Å²) in [5.41, 5.74) is 2.49. The minimum absolute atomic E-state index is 0.747. The van der Waals surface area contributed by atoms with Gasteiger partial charge in [0.1, 0.15) is 11.3 Å². The van der Waals surface area contributed by atoms with E-state index >= 15 is 0 Å². The maximum Gasteiger partial charge on any atom is 0.211 e. The number of nitrogens with zero attached hydrogens (tertiary/aromatic N) is 4. The third kappa shape index (κ3) is 3.33. The fraction of sp³-hybridized carbons (Fsp3) is 0. The molecule has 5 aromatic rings. The molecule has 0 fully saturated rings. The first-order chi connectivity index (χ1) is 13.9. The summed E-state index contributed by atoms with van der Waals surface area (Å²) in [5, 5.41) is 9.79. The van der Waals surface area contributed by atoms with Crippen LogP contribution in [0.2, 0.25) is 0 Å². The van der Waals surface area contributed by atoms with Gasteiger partial charge in [-0.25, -0.2) is 9.67 Å². The molecule has 0 amide bonds. The predicted molar refractivity (Wildman–Crippen MR) is 114 cm³/mol. The van der Waals surface area contributed by atoms with E-state index in [9.17, 15) is 0 Å². The molecule has 0 aliphatic rings. The summed E-state index contributed by atoms with van der Waals surface area (Å²) in [6.07, 6.45) is 5.30. The van der Waals surface area contributed by atoms with E-state index in [1.807, 2.05) is 76.2 Å². The molecule has 7 heteroatoms. The van der Waals surface area contributed by atoms with Crippen molar-refractivity contribution in [2.45, 2.75) is 0 Å². The van der Waals surface area contributed by atoms with Gasteiger partial charge in [-0.05, 0) is 35.7 Å². The number of fused-ring (bicyclic) bond motifs is 1. The van der Waals surface area contributed by atoms with Gasteiger partial charge in [0.05, 0.1) is 18.1 Å². The summed E-state index contributed by atoms with van der Waals surface area (Å²) in [5.74, 6) is 0.758. The molecule has 0 atom stereocenters. The number of furan rings is 1. The zero-order valence-corrected chi connectivity index (χ0v) is 16.2. The second-order valence-electron chi connectivity index (χ2n) is 5.95. The van der Waals surface area contributed by atoms with Gasteiger partial charge in [0.2, 0.25) is 4.80 Å². The number of pyridine rings is 1. The highest BCUT2D eigenvalue weighted by Crippen LogP contribution is 2.28. The van der Waals surface area contributed by atoms with Crippen LogP contribution >= 0.6 is 22.7 Å². The SMILES string of the molecule is C(=Nn1c(-c2cc3ccccc3o2)csc1=Nc1cccnc1)c1cccs1. The first-order valence-electron chi connectivity index (χ1n) is 8.59. The Labute approximate surface area is 168 Å². The van der Waals surface area contributed by atoms with Crippen molar-refractivity contribution in [3.8, 4) is 11.5 Å². The van der Waals surface area contributed by atoms with E-state index in [4.69, 9.17) is 9.41 Å². The molecule has 0 aliphatic heterocycles. The monoisotopic (exact) mass is 402 g/mol. The topological polar surface area (TPSA) is 55.7 Å². The van der Waals surface area contributed by atoms with Crippen LogP contribution in [0.25, 0.3) is 22.4 Å². The summed E-state index contributed by atoms with van der Waals surface area (Å²) < 4.78 is 7.87. The second kappa shape index (κ2) is 7.38. The Morgan fingerprint density at radius 3 is 2.82 bits per heavy atom. The molecule has 0 bridgehead atoms. The fourth-order valence-corrected chi connectivity index (χ4v) is 4.19. The van der Waals surface area contributed by atoms with Crippen LogP contribution < -0.4 is 4.80 Å². The molecule has 0 aliphatic carbocycles. The van der Waals surface area contributed by atoms with E-state index in [0.29, 0.717) is 0 Å². The minimum atomic E-state index is 0.747. The van der Waals surface area contributed by atoms with Crippen LogP contribution in [0.4, 0.5) is 5.69 Å². The van der Waals surface area contributed by atoms with Gasteiger partial charge in [-0.3, -0.25) is 4.98 Å². The lowest BCUT2D eigenvalue weighted by Crippen LogP contribution is -2.11. The van der Waals surface area contributed by atoms with Crippen molar-refractivity contribution < 1.29 is 4.42 Å². The van der Waals surface area contributed by atoms with Crippen LogP contribution in [0, 0.1) is 0 Å². The van der Waals surface area contributed by atoms with Gasteiger partial charge < -0.3 is 4.42 Å². The standard InChI is InChI=1S/C21H14N4OS2/c1-2-8-19-15(5-1)11-20(26-19)18-14-28-21(24-16-6-3-9-22-12-16)25(18)23-13-17-7-4-10-27-17/h1-14H. The molecular formula is C21H14N4OS2. The van der Waals surface area contributed by atoms with Crippen molar-refractivity contribution in [1.82, 2.24) is 9.66 Å². The molecule has 1 aromatic carbocycles. The van der Waals surface area contributed by atoms with Crippen LogP contribution in [0.3, 0.4) is 0 Å². The zero-order valence-electron chi connectivity index (χ0n) is 14.6. The largest absolute Gasteiger partial charge is 0.454 e. The molecule has 5 rings (SSSR count). The Morgan fingerprint density at radius 1 is 1.04 bits per heavy atom. The summed E-state index contributed by atoms with van der Waals surface area (Å²) >= 11 is 3.15. The molecule has 5 nitrogen and oxygen atoms in total. The number of thiophene rings is 1. The average molecular weight is 403 g/mol. The first kappa shape index (κ1) is 16.9. The molecule has 0 N–H and O–H groups in total. The summed E-state index contributed by atoms with van der Waals surface area (Å²) in [6, 6.07) is 17.8. The molecule has 28 heavy (non-hydrogen) atoms. The molecule has 0 radical (unpaired) electrons. The second-order valence-corrected chi connectivity index (χ2v) is 7.76.